The number of hydrogen-bond acceptors (Lipinski definition) is 7. The van der Waals surface area contributed by atoms with E-state index < -0.39 is 15.9 Å². The molecule has 1 aliphatic rings. The lowest BCUT2D eigenvalue weighted by atomic mass is 10.2. The fraction of sp³-hybridized carbons (Fsp3) is 0.385. The highest BCUT2D eigenvalue weighted by Crippen LogP contribution is 2.32. The Morgan fingerprint density at radius 1 is 1.30 bits per heavy atom. The normalized spacial score (nSPS) is 15.9. The lowest BCUT2D eigenvalue weighted by Crippen LogP contribution is -2.37. The molecule has 0 aliphatic carbocycles. The van der Waals surface area contributed by atoms with Crippen molar-refractivity contribution in [2.75, 3.05) is 37.5 Å². The fourth-order valence-corrected chi connectivity index (χ4v) is 2.89. The first kappa shape index (κ1) is 16.2. The van der Waals surface area contributed by atoms with Crippen molar-refractivity contribution < 1.29 is 21.7 Å². The van der Waals surface area contributed by atoms with Crippen molar-refractivity contribution in [1.29, 1.82) is 0 Å². The van der Waals surface area contributed by atoms with Gasteiger partial charge in [-0.1, -0.05) is 11.6 Å². The van der Waals surface area contributed by atoms with E-state index in [1.54, 1.807) is 0 Å². The first-order chi connectivity index (χ1) is 10.8. The van der Waals surface area contributed by atoms with Gasteiger partial charge in [0.1, 0.15) is 5.82 Å². The Morgan fingerprint density at radius 3 is 2.65 bits per heavy atom. The van der Waals surface area contributed by atoms with Crippen LogP contribution in [0.4, 0.5) is 10.3 Å². The first-order valence-electron chi connectivity index (χ1n) is 6.72. The molecule has 2 heterocycles. The fourth-order valence-electron chi connectivity index (χ4n) is 2.23. The van der Waals surface area contributed by atoms with E-state index in [9.17, 15) is 12.8 Å². The minimum absolute atomic E-state index is 0.0512. The van der Waals surface area contributed by atoms with Crippen molar-refractivity contribution in [3.8, 4) is 5.88 Å². The van der Waals surface area contributed by atoms with E-state index in [0.717, 1.165) is 18.4 Å². The summed E-state index contributed by atoms with van der Waals surface area (Å²) in [6, 6.07) is 2.19. The molecule has 1 aromatic carbocycles. The molecule has 0 atom stereocenters. The summed E-state index contributed by atoms with van der Waals surface area (Å²) in [5.41, 5.74) is 0.225. The Kier molecular flexibility index (Phi) is 4.26. The molecule has 0 bridgehead atoms. The number of nitrogens with zero attached hydrogens (tertiary/aromatic N) is 3. The Hall–Kier alpha value is -1.71. The Bertz CT molecular complexity index is 856. The zero-order chi connectivity index (χ0) is 16.6. The smallest absolute Gasteiger partial charge is 0.307 e. The summed E-state index contributed by atoms with van der Waals surface area (Å²) in [4.78, 5) is 10.3. The van der Waals surface area contributed by atoms with Crippen LogP contribution in [0, 0.1) is 5.82 Å². The van der Waals surface area contributed by atoms with Crippen LogP contribution < -0.4 is 9.08 Å². The third-order valence-electron chi connectivity index (χ3n) is 3.20. The standard InChI is InChI=1S/C13H13ClFN3O4S/c1-23(19,20)22-12-9-6-8(15)7-10(14)11(9)16-13(17-12)18-2-4-21-5-3-18/h6-7H,2-5H2,1H3. The highest BCUT2D eigenvalue weighted by atomic mass is 35.5. The van der Waals surface area contributed by atoms with Crippen molar-refractivity contribution in [1.82, 2.24) is 9.97 Å². The van der Waals surface area contributed by atoms with E-state index in [1.807, 2.05) is 4.90 Å². The molecule has 23 heavy (non-hydrogen) atoms. The number of halogens is 2. The molecule has 2 aromatic rings. The van der Waals surface area contributed by atoms with Crippen molar-refractivity contribution >= 4 is 38.6 Å². The molecule has 124 valence electrons. The monoisotopic (exact) mass is 361 g/mol. The summed E-state index contributed by atoms with van der Waals surface area (Å²) in [7, 11) is -3.84. The maximum atomic E-state index is 13.6. The molecular formula is C13H13ClFN3O4S. The topological polar surface area (TPSA) is 81.6 Å². The van der Waals surface area contributed by atoms with Crippen LogP contribution in [-0.2, 0) is 14.9 Å². The average molecular weight is 362 g/mol. The quantitative estimate of drug-likeness (QED) is 0.768. The zero-order valence-electron chi connectivity index (χ0n) is 12.1. The summed E-state index contributed by atoms with van der Waals surface area (Å²) in [6.07, 6.45) is 0.885. The van der Waals surface area contributed by atoms with Crippen LogP contribution in [0.3, 0.4) is 0 Å². The molecule has 1 aliphatic heterocycles. The second-order valence-electron chi connectivity index (χ2n) is 5.00. The molecule has 10 heteroatoms. The van der Waals surface area contributed by atoms with E-state index in [-0.39, 0.29) is 27.8 Å². The average Bonchev–Trinajstić information content (AvgIpc) is 2.47. The van der Waals surface area contributed by atoms with E-state index in [1.165, 1.54) is 0 Å². The van der Waals surface area contributed by atoms with Gasteiger partial charge >= 0.3 is 10.1 Å². The molecule has 7 nitrogen and oxygen atoms in total. The van der Waals surface area contributed by atoms with Gasteiger partial charge in [0.05, 0.1) is 35.4 Å². The van der Waals surface area contributed by atoms with Crippen molar-refractivity contribution in [2.24, 2.45) is 0 Å². The van der Waals surface area contributed by atoms with Gasteiger partial charge in [-0.2, -0.15) is 13.4 Å². The molecular weight excluding hydrogens is 349 g/mol. The van der Waals surface area contributed by atoms with E-state index >= 15 is 0 Å². The van der Waals surface area contributed by atoms with Gasteiger partial charge in [-0.3, -0.25) is 0 Å². The largest absolute Gasteiger partial charge is 0.378 e. The predicted molar refractivity (Wildman–Crippen MR) is 83.0 cm³/mol. The molecule has 1 fully saturated rings. The van der Waals surface area contributed by atoms with E-state index in [2.05, 4.69) is 9.97 Å². The van der Waals surface area contributed by atoms with Crippen molar-refractivity contribution in [3.05, 3.63) is 23.0 Å². The first-order valence-corrected chi connectivity index (χ1v) is 8.92. The number of aromatic nitrogens is 2. The van der Waals surface area contributed by atoms with Gasteiger partial charge in [0, 0.05) is 13.1 Å². The summed E-state index contributed by atoms with van der Waals surface area (Å²) in [5, 5.41) is 0.146. The van der Waals surface area contributed by atoms with Crippen LogP contribution in [0.1, 0.15) is 0 Å². The molecule has 1 aromatic heterocycles. The van der Waals surface area contributed by atoms with Crippen LogP contribution in [-0.4, -0.2) is 50.9 Å². The summed E-state index contributed by atoms with van der Waals surface area (Å²) in [5.74, 6) is -0.628. The predicted octanol–water partition coefficient (Wildman–Crippen LogP) is 1.60. The van der Waals surface area contributed by atoms with Crippen LogP contribution in [0.5, 0.6) is 5.88 Å². The Labute approximate surface area is 137 Å². The van der Waals surface area contributed by atoms with Crippen LogP contribution in [0.25, 0.3) is 10.9 Å². The summed E-state index contributed by atoms with van der Waals surface area (Å²) in [6.45, 7) is 2.09. The minimum Gasteiger partial charge on any atom is -0.378 e. The van der Waals surface area contributed by atoms with Gasteiger partial charge in [-0.25, -0.2) is 9.37 Å². The summed E-state index contributed by atoms with van der Waals surface area (Å²) < 4.78 is 46.7. The van der Waals surface area contributed by atoms with Gasteiger partial charge in [0.15, 0.2) is 0 Å². The number of anilines is 1. The van der Waals surface area contributed by atoms with Crippen LogP contribution in [0.2, 0.25) is 5.02 Å². The van der Waals surface area contributed by atoms with Crippen molar-refractivity contribution in [3.63, 3.8) is 0 Å². The molecule has 0 spiro atoms. The third-order valence-corrected chi connectivity index (χ3v) is 3.94. The number of hydrogen-bond donors (Lipinski definition) is 0. The maximum absolute atomic E-state index is 13.6. The van der Waals surface area contributed by atoms with Gasteiger partial charge in [0.25, 0.3) is 0 Å². The zero-order valence-corrected chi connectivity index (χ0v) is 13.7. The highest BCUT2D eigenvalue weighted by molar-refractivity contribution is 7.86. The second-order valence-corrected chi connectivity index (χ2v) is 6.98. The lowest BCUT2D eigenvalue weighted by Gasteiger charge is -2.27. The number of rotatable bonds is 3. The Morgan fingerprint density at radius 2 is 2.00 bits per heavy atom. The minimum atomic E-state index is -3.84. The Balaban J connectivity index is 2.19. The van der Waals surface area contributed by atoms with Gasteiger partial charge in [0.2, 0.25) is 11.8 Å². The van der Waals surface area contributed by atoms with Crippen LogP contribution >= 0.6 is 11.6 Å². The number of fused-ring (bicyclic) bond motifs is 1. The number of benzene rings is 1. The summed E-state index contributed by atoms with van der Waals surface area (Å²) >= 11 is 6.04. The molecule has 3 rings (SSSR count). The molecule has 0 unspecified atom stereocenters. The highest BCUT2D eigenvalue weighted by Gasteiger charge is 2.21. The van der Waals surface area contributed by atoms with Crippen molar-refractivity contribution in [2.45, 2.75) is 0 Å². The SMILES string of the molecule is CS(=O)(=O)Oc1nc(N2CCOCC2)nc2c(Cl)cc(F)cc12. The maximum Gasteiger partial charge on any atom is 0.307 e. The van der Waals surface area contributed by atoms with E-state index in [0.29, 0.717) is 26.3 Å². The van der Waals surface area contributed by atoms with E-state index in [4.69, 9.17) is 20.5 Å². The second kappa shape index (κ2) is 6.06. The molecule has 0 saturated carbocycles. The molecule has 0 amide bonds. The molecule has 0 radical (unpaired) electrons. The van der Waals surface area contributed by atoms with Gasteiger partial charge in [-0.05, 0) is 12.1 Å². The van der Waals surface area contributed by atoms with Gasteiger partial charge < -0.3 is 13.8 Å². The molecule has 1 saturated heterocycles. The number of morpholine rings is 1. The van der Waals surface area contributed by atoms with Crippen LogP contribution in [0.15, 0.2) is 12.1 Å². The lowest BCUT2D eigenvalue weighted by molar-refractivity contribution is 0.122. The molecule has 0 N–H and O–H groups in total. The number of ether oxygens (including phenoxy) is 1. The van der Waals surface area contributed by atoms with Gasteiger partial charge in [-0.15, -0.1) is 0 Å². The third kappa shape index (κ3) is 3.62.